The van der Waals surface area contributed by atoms with Crippen LogP contribution in [0.4, 0.5) is 8.78 Å². The Morgan fingerprint density at radius 3 is 2.79 bits per heavy atom. The van der Waals surface area contributed by atoms with Crippen molar-refractivity contribution in [2.75, 3.05) is 19.6 Å². The average Bonchev–Trinajstić information content (AvgIpc) is 3.29. The molecule has 4 rings (SSSR count). The molecule has 28 heavy (non-hydrogen) atoms. The Morgan fingerprint density at radius 1 is 1.25 bits per heavy atom. The molecule has 9 heteroatoms. The number of nitrogens with zero attached hydrogens (tertiary/aromatic N) is 4. The first kappa shape index (κ1) is 18.9. The first-order chi connectivity index (χ1) is 13.4. The van der Waals surface area contributed by atoms with E-state index < -0.39 is 17.0 Å². The standard InChI is InChI=1S/C19H20F2N4O2S/c1-12-16(28-23-22-12)17(26)25-8-6-19(11-25)5-2-7-24(18(19)27)10-13-3-4-14(20)15(21)9-13/h3-4,9H,2,5-8,10-11H2,1H3/t19-/m1/s1. The quantitative estimate of drug-likeness (QED) is 0.786. The van der Waals surface area contributed by atoms with E-state index in [1.807, 2.05) is 0 Å². The lowest BCUT2D eigenvalue weighted by molar-refractivity contribution is -0.146. The highest BCUT2D eigenvalue weighted by atomic mass is 32.1. The van der Waals surface area contributed by atoms with Gasteiger partial charge < -0.3 is 9.80 Å². The lowest BCUT2D eigenvalue weighted by atomic mass is 9.78. The van der Waals surface area contributed by atoms with Crippen molar-refractivity contribution in [2.24, 2.45) is 5.41 Å². The molecule has 1 atom stereocenters. The van der Waals surface area contributed by atoms with Gasteiger partial charge in [-0.1, -0.05) is 10.6 Å². The van der Waals surface area contributed by atoms with Crippen molar-refractivity contribution < 1.29 is 18.4 Å². The first-order valence-corrected chi connectivity index (χ1v) is 9.98. The summed E-state index contributed by atoms with van der Waals surface area (Å²) in [6, 6.07) is 3.71. The number of piperidine rings is 1. The van der Waals surface area contributed by atoms with Crippen molar-refractivity contribution in [3.63, 3.8) is 0 Å². The summed E-state index contributed by atoms with van der Waals surface area (Å²) in [6.45, 7) is 3.45. The highest BCUT2D eigenvalue weighted by Gasteiger charge is 2.49. The van der Waals surface area contributed by atoms with Gasteiger partial charge in [-0.3, -0.25) is 9.59 Å². The molecule has 6 nitrogen and oxygen atoms in total. The summed E-state index contributed by atoms with van der Waals surface area (Å²) in [6.07, 6.45) is 2.15. The fraction of sp³-hybridized carbons (Fsp3) is 0.474. The monoisotopic (exact) mass is 406 g/mol. The van der Waals surface area contributed by atoms with Crippen LogP contribution in [0, 0.1) is 24.0 Å². The fourth-order valence-electron chi connectivity index (χ4n) is 4.16. The van der Waals surface area contributed by atoms with Crippen LogP contribution >= 0.6 is 11.5 Å². The Balaban J connectivity index is 1.49. The summed E-state index contributed by atoms with van der Waals surface area (Å²) < 4.78 is 30.5. The van der Waals surface area contributed by atoms with Crippen molar-refractivity contribution in [2.45, 2.75) is 32.7 Å². The smallest absolute Gasteiger partial charge is 0.267 e. The number of carbonyl (C=O) groups excluding carboxylic acids is 2. The second kappa shape index (κ2) is 7.20. The van der Waals surface area contributed by atoms with E-state index in [1.165, 1.54) is 6.07 Å². The third-order valence-corrected chi connectivity index (χ3v) is 6.48. The van der Waals surface area contributed by atoms with E-state index in [-0.39, 0.29) is 18.4 Å². The molecule has 0 aliphatic carbocycles. The van der Waals surface area contributed by atoms with Crippen LogP contribution < -0.4 is 0 Å². The SMILES string of the molecule is Cc1nnsc1C(=O)N1CC[C@]2(CCCN(Cc3ccc(F)c(F)c3)C2=O)C1. The van der Waals surface area contributed by atoms with Gasteiger partial charge in [0, 0.05) is 26.2 Å². The van der Waals surface area contributed by atoms with Gasteiger partial charge in [-0.05, 0) is 55.4 Å². The molecule has 0 bridgehead atoms. The maximum absolute atomic E-state index is 13.5. The van der Waals surface area contributed by atoms with Gasteiger partial charge in [0.1, 0.15) is 4.88 Å². The second-order valence-electron chi connectivity index (χ2n) is 7.52. The third kappa shape index (κ3) is 3.28. The third-order valence-electron chi connectivity index (χ3n) is 5.67. The van der Waals surface area contributed by atoms with Crippen molar-refractivity contribution in [1.82, 2.24) is 19.4 Å². The van der Waals surface area contributed by atoms with Gasteiger partial charge in [0.15, 0.2) is 11.6 Å². The Labute approximate surface area is 165 Å². The molecule has 1 aromatic heterocycles. The lowest BCUT2D eigenvalue weighted by Crippen LogP contribution is -2.50. The Morgan fingerprint density at radius 2 is 2.07 bits per heavy atom. The largest absolute Gasteiger partial charge is 0.338 e. The van der Waals surface area contributed by atoms with Gasteiger partial charge in [-0.2, -0.15) is 0 Å². The maximum Gasteiger partial charge on any atom is 0.267 e. The van der Waals surface area contributed by atoms with E-state index in [1.54, 1.807) is 16.7 Å². The van der Waals surface area contributed by atoms with Gasteiger partial charge in [0.25, 0.3) is 5.91 Å². The number of amides is 2. The van der Waals surface area contributed by atoms with Crippen molar-refractivity contribution in [3.8, 4) is 0 Å². The number of carbonyl (C=O) groups is 2. The molecule has 2 fully saturated rings. The van der Waals surface area contributed by atoms with Crippen LogP contribution in [-0.4, -0.2) is 50.8 Å². The van der Waals surface area contributed by atoms with Crippen LogP contribution in [0.2, 0.25) is 0 Å². The highest BCUT2D eigenvalue weighted by Crippen LogP contribution is 2.41. The molecule has 1 spiro atoms. The van der Waals surface area contributed by atoms with E-state index >= 15 is 0 Å². The Bertz CT molecular complexity index is 934. The fourth-order valence-corrected chi connectivity index (χ4v) is 4.78. The molecule has 2 amide bonds. The number of likely N-dealkylation sites (tertiary alicyclic amines) is 2. The molecular formula is C19H20F2N4O2S. The van der Waals surface area contributed by atoms with Gasteiger partial charge >= 0.3 is 0 Å². The molecule has 0 saturated carbocycles. The first-order valence-electron chi connectivity index (χ1n) is 9.21. The zero-order chi connectivity index (χ0) is 19.9. The van der Waals surface area contributed by atoms with Gasteiger partial charge in [-0.15, -0.1) is 5.10 Å². The Hall–Kier alpha value is -2.42. The van der Waals surface area contributed by atoms with E-state index in [4.69, 9.17) is 0 Å². The van der Waals surface area contributed by atoms with Gasteiger partial charge in [-0.25, -0.2) is 8.78 Å². The number of hydrogen-bond acceptors (Lipinski definition) is 5. The van der Waals surface area contributed by atoms with E-state index in [9.17, 15) is 18.4 Å². The number of rotatable bonds is 3. The molecule has 2 saturated heterocycles. The molecular weight excluding hydrogens is 386 g/mol. The zero-order valence-electron chi connectivity index (χ0n) is 15.5. The van der Waals surface area contributed by atoms with Crippen LogP contribution in [0.25, 0.3) is 0 Å². The minimum atomic E-state index is -0.914. The highest BCUT2D eigenvalue weighted by molar-refractivity contribution is 7.07. The molecule has 2 aliphatic rings. The van der Waals surface area contributed by atoms with Crippen molar-refractivity contribution in [3.05, 3.63) is 46.0 Å². The van der Waals surface area contributed by atoms with Crippen LogP contribution in [0.1, 0.15) is 40.2 Å². The van der Waals surface area contributed by atoms with Crippen LogP contribution in [0.5, 0.6) is 0 Å². The maximum atomic E-state index is 13.5. The molecule has 3 heterocycles. The normalized spacial score (nSPS) is 22.3. The molecule has 1 aromatic carbocycles. The summed E-state index contributed by atoms with van der Waals surface area (Å²) in [5, 5.41) is 3.89. The number of halogens is 2. The molecule has 2 aromatic rings. The second-order valence-corrected chi connectivity index (χ2v) is 8.28. The number of aryl methyl sites for hydroxylation is 1. The predicted molar refractivity (Wildman–Crippen MR) is 98.6 cm³/mol. The number of aromatic nitrogens is 2. The summed E-state index contributed by atoms with van der Waals surface area (Å²) in [5.41, 5.74) is 0.561. The predicted octanol–water partition coefficient (Wildman–Crippen LogP) is 2.78. The average molecular weight is 406 g/mol. The topological polar surface area (TPSA) is 66.4 Å². The number of benzene rings is 1. The van der Waals surface area contributed by atoms with E-state index in [0.717, 1.165) is 36.5 Å². The minimum absolute atomic E-state index is 0.0158. The lowest BCUT2D eigenvalue weighted by Gasteiger charge is -2.39. The van der Waals surface area contributed by atoms with Crippen molar-refractivity contribution >= 4 is 23.3 Å². The summed E-state index contributed by atoms with van der Waals surface area (Å²) >= 11 is 1.07. The van der Waals surface area contributed by atoms with Gasteiger partial charge in [0.05, 0.1) is 11.1 Å². The summed E-state index contributed by atoms with van der Waals surface area (Å²) in [4.78, 5) is 29.9. The molecule has 0 N–H and O–H groups in total. The summed E-state index contributed by atoms with van der Waals surface area (Å²) in [7, 11) is 0. The zero-order valence-corrected chi connectivity index (χ0v) is 16.3. The molecule has 2 aliphatic heterocycles. The molecule has 148 valence electrons. The van der Waals surface area contributed by atoms with Crippen LogP contribution in [0.3, 0.4) is 0 Å². The van der Waals surface area contributed by atoms with E-state index in [2.05, 4.69) is 9.59 Å². The minimum Gasteiger partial charge on any atom is -0.338 e. The number of hydrogen-bond donors (Lipinski definition) is 0. The van der Waals surface area contributed by atoms with Crippen molar-refractivity contribution in [1.29, 1.82) is 0 Å². The Kier molecular flexibility index (Phi) is 4.86. The van der Waals surface area contributed by atoms with E-state index in [0.29, 0.717) is 42.2 Å². The van der Waals surface area contributed by atoms with Crippen LogP contribution in [0.15, 0.2) is 18.2 Å². The molecule has 0 radical (unpaired) electrons. The summed E-state index contributed by atoms with van der Waals surface area (Å²) in [5.74, 6) is -1.96. The molecule has 0 unspecified atom stereocenters. The van der Waals surface area contributed by atoms with Gasteiger partial charge in [0.2, 0.25) is 5.91 Å². The van der Waals surface area contributed by atoms with Crippen LogP contribution in [-0.2, 0) is 11.3 Å².